The lowest BCUT2D eigenvalue weighted by molar-refractivity contribution is 0.143. The second kappa shape index (κ2) is 9.48. The summed E-state index contributed by atoms with van der Waals surface area (Å²) in [5, 5.41) is 5.79. The van der Waals surface area contributed by atoms with Crippen molar-refractivity contribution in [3.8, 4) is 0 Å². The Labute approximate surface area is 132 Å². The summed E-state index contributed by atoms with van der Waals surface area (Å²) in [5.74, 6) is 0.918. The number of hydrogen-bond donors (Lipinski definition) is 2. The number of ether oxygens (including phenoxy) is 1. The summed E-state index contributed by atoms with van der Waals surface area (Å²) in [6.45, 7) is 3.95. The van der Waals surface area contributed by atoms with Gasteiger partial charge in [-0.1, -0.05) is 6.42 Å². The summed E-state index contributed by atoms with van der Waals surface area (Å²) in [6, 6.07) is 3.86. The molecule has 0 radical (unpaired) electrons. The van der Waals surface area contributed by atoms with Crippen LogP contribution in [0, 0.1) is 0 Å². The minimum absolute atomic E-state index is 0.111. The highest BCUT2D eigenvalue weighted by Crippen LogP contribution is 2.24. The smallest absolute Gasteiger partial charge is 0.314 e. The minimum atomic E-state index is -0.135. The average Bonchev–Trinajstić information content (AvgIpc) is 3.07. The van der Waals surface area contributed by atoms with Gasteiger partial charge in [-0.15, -0.1) is 0 Å². The number of methoxy groups -OCH3 is 1. The predicted octanol–water partition coefficient (Wildman–Crippen LogP) is 2.14. The molecular formula is C16H27N3O3. The van der Waals surface area contributed by atoms with Crippen molar-refractivity contribution in [3.05, 3.63) is 24.2 Å². The maximum absolute atomic E-state index is 11.9. The Bertz CT molecular complexity index is 416. The Balaban J connectivity index is 1.80. The van der Waals surface area contributed by atoms with Crippen LogP contribution in [0.1, 0.15) is 37.5 Å². The lowest BCUT2D eigenvalue weighted by Crippen LogP contribution is -2.43. The first-order chi connectivity index (χ1) is 10.8. The second-order valence-corrected chi connectivity index (χ2v) is 5.61. The van der Waals surface area contributed by atoms with Crippen molar-refractivity contribution in [2.75, 3.05) is 39.9 Å². The summed E-state index contributed by atoms with van der Waals surface area (Å²) >= 11 is 0. The number of nitrogens with zero attached hydrogens (tertiary/aromatic N) is 1. The van der Waals surface area contributed by atoms with Crippen LogP contribution in [0.5, 0.6) is 0 Å². The van der Waals surface area contributed by atoms with E-state index in [1.54, 1.807) is 13.4 Å². The summed E-state index contributed by atoms with van der Waals surface area (Å²) in [4.78, 5) is 14.2. The highest BCUT2D eigenvalue weighted by atomic mass is 16.5. The van der Waals surface area contributed by atoms with Crippen LogP contribution in [0.4, 0.5) is 4.79 Å². The number of piperidine rings is 1. The van der Waals surface area contributed by atoms with E-state index in [0.717, 1.165) is 25.3 Å². The molecule has 0 aromatic carbocycles. The number of likely N-dealkylation sites (tertiary alicyclic amines) is 1. The molecule has 6 heteroatoms. The monoisotopic (exact) mass is 309 g/mol. The van der Waals surface area contributed by atoms with Crippen molar-refractivity contribution in [1.82, 2.24) is 15.5 Å². The molecule has 1 aromatic rings. The first kappa shape index (κ1) is 16.8. The van der Waals surface area contributed by atoms with E-state index in [2.05, 4.69) is 15.5 Å². The fraction of sp³-hybridized carbons (Fsp3) is 0.688. The van der Waals surface area contributed by atoms with Crippen molar-refractivity contribution in [3.63, 3.8) is 0 Å². The molecule has 1 saturated heterocycles. The van der Waals surface area contributed by atoms with Gasteiger partial charge < -0.3 is 19.8 Å². The van der Waals surface area contributed by atoms with E-state index < -0.39 is 0 Å². The summed E-state index contributed by atoms with van der Waals surface area (Å²) in [7, 11) is 1.66. The van der Waals surface area contributed by atoms with Crippen molar-refractivity contribution >= 4 is 6.03 Å². The van der Waals surface area contributed by atoms with Gasteiger partial charge in [0.25, 0.3) is 0 Å². The van der Waals surface area contributed by atoms with Crippen LogP contribution >= 0.6 is 0 Å². The maximum atomic E-state index is 11.9. The van der Waals surface area contributed by atoms with E-state index in [1.807, 2.05) is 12.1 Å². The molecule has 2 heterocycles. The van der Waals surface area contributed by atoms with Crippen LogP contribution in [0.2, 0.25) is 0 Å². The number of urea groups is 1. The Morgan fingerprint density at radius 2 is 2.18 bits per heavy atom. The molecule has 0 saturated carbocycles. The van der Waals surface area contributed by atoms with Crippen molar-refractivity contribution in [2.24, 2.45) is 0 Å². The maximum Gasteiger partial charge on any atom is 0.314 e. The van der Waals surface area contributed by atoms with Gasteiger partial charge in [0.05, 0.1) is 12.3 Å². The van der Waals surface area contributed by atoms with Gasteiger partial charge in [-0.25, -0.2) is 4.79 Å². The zero-order valence-corrected chi connectivity index (χ0v) is 13.3. The lowest BCUT2D eigenvalue weighted by atomic mass is 10.1. The molecule has 6 nitrogen and oxygen atoms in total. The number of amides is 2. The van der Waals surface area contributed by atoms with Crippen LogP contribution in [0.3, 0.4) is 0 Å². The standard InChI is InChI=1S/C16H27N3O3/c1-21-11-6-8-17-16(20)18-13-14(15-7-5-12-22-15)19-9-3-2-4-10-19/h5,7,12,14H,2-4,6,8-11,13H2,1H3,(H2,17,18,20). The Hall–Kier alpha value is -1.53. The molecule has 1 aliphatic rings. The lowest BCUT2D eigenvalue weighted by Gasteiger charge is -2.33. The third-order valence-corrected chi connectivity index (χ3v) is 3.97. The number of hydrogen-bond acceptors (Lipinski definition) is 4. The van der Waals surface area contributed by atoms with Crippen molar-refractivity contribution in [2.45, 2.75) is 31.7 Å². The third kappa shape index (κ3) is 5.35. The first-order valence-electron chi connectivity index (χ1n) is 8.09. The molecule has 2 N–H and O–H groups in total. The molecule has 124 valence electrons. The molecule has 1 atom stereocenters. The number of carbonyl (C=O) groups excluding carboxylic acids is 1. The molecule has 1 aromatic heterocycles. The van der Waals surface area contributed by atoms with E-state index in [0.29, 0.717) is 19.7 Å². The molecule has 1 unspecified atom stereocenters. The topological polar surface area (TPSA) is 66.7 Å². The van der Waals surface area contributed by atoms with E-state index in [-0.39, 0.29) is 12.1 Å². The molecule has 1 fully saturated rings. The van der Waals surface area contributed by atoms with E-state index in [4.69, 9.17) is 9.15 Å². The molecule has 2 rings (SSSR count). The molecule has 1 aliphatic heterocycles. The summed E-state index contributed by atoms with van der Waals surface area (Å²) in [6.07, 6.45) is 6.21. The highest BCUT2D eigenvalue weighted by Gasteiger charge is 2.24. The number of furan rings is 1. The van der Waals surface area contributed by atoms with Gasteiger partial charge in [-0.3, -0.25) is 4.90 Å². The highest BCUT2D eigenvalue weighted by molar-refractivity contribution is 5.73. The quantitative estimate of drug-likeness (QED) is 0.722. The van der Waals surface area contributed by atoms with Crippen LogP contribution in [0.15, 0.2) is 22.8 Å². The van der Waals surface area contributed by atoms with Gasteiger partial charge in [0.15, 0.2) is 0 Å². The van der Waals surface area contributed by atoms with E-state index in [9.17, 15) is 4.79 Å². The number of carbonyl (C=O) groups is 1. The fourth-order valence-electron chi connectivity index (χ4n) is 2.79. The van der Waals surface area contributed by atoms with Gasteiger partial charge in [0.1, 0.15) is 5.76 Å². The summed E-state index contributed by atoms with van der Waals surface area (Å²) < 4.78 is 10.5. The first-order valence-corrected chi connectivity index (χ1v) is 8.09. The Morgan fingerprint density at radius 3 is 2.86 bits per heavy atom. The molecule has 0 spiro atoms. The third-order valence-electron chi connectivity index (χ3n) is 3.97. The normalized spacial score (nSPS) is 17.1. The van der Waals surface area contributed by atoms with Gasteiger partial charge in [0, 0.05) is 26.8 Å². The number of nitrogens with one attached hydrogen (secondary N) is 2. The fourth-order valence-corrected chi connectivity index (χ4v) is 2.79. The summed E-state index contributed by atoms with van der Waals surface area (Å²) in [5.41, 5.74) is 0. The molecular weight excluding hydrogens is 282 g/mol. The van der Waals surface area contributed by atoms with Crippen molar-refractivity contribution in [1.29, 1.82) is 0 Å². The predicted molar refractivity (Wildman–Crippen MR) is 84.8 cm³/mol. The molecule has 22 heavy (non-hydrogen) atoms. The largest absolute Gasteiger partial charge is 0.468 e. The molecule has 0 bridgehead atoms. The van der Waals surface area contributed by atoms with Gasteiger partial charge in [-0.2, -0.15) is 0 Å². The van der Waals surface area contributed by atoms with Gasteiger partial charge >= 0.3 is 6.03 Å². The van der Waals surface area contributed by atoms with Gasteiger partial charge in [0.2, 0.25) is 0 Å². The SMILES string of the molecule is COCCCNC(=O)NCC(c1ccco1)N1CCCCC1. The minimum Gasteiger partial charge on any atom is -0.468 e. The molecule has 2 amide bonds. The van der Waals surface area contributed by atoms with E-state index in [1.165, 1.54) is 19.3 Å². The van der Waals surface area contributed by atoms with Crippen molar-refractivity contribution < 1.29 is 13.9 Å². The van der Waals surface area contributed by atoms with Crippen LogP contribution in [0.25, 0.3) is 0 Å². The van der Waals surface area contributed by atoms with Crippen LogP contribution in [-0.2, 0) is 4.74 Å². The molecule has 0 aliphatic carbocycles. The van der Waals surface area contributed by atoms with E-state index >= 15 is 0 Å². The Morgan fingerprint density at radius 1 is 1.36 bits per heavy atom. The Kier molecular flexibility index (Phi) is 7.25. The zero-order chi connectivity index (χ0) is 15.6. The second-order valence-electron chi connectivity index (χ2n) is 5.61. The zero-order valence-electron chi connectivity index (χ0n) is 13.3. The van der Waals surface area contributed by atoms with Gasteiger partial charge in [-0.05, 0) is 44.5 Å². The van der Waals surface area contributed by atoms with Crippen LogP contribution in [-0.4, -0.2) is 50.8 Å². The van der Waals surface area contributed by atoms with Crippen LogP contribution < -0.4 is 10.6 Å². The average molecular weight is 309 g/mol. The number of rotatable bonds is 8.